The van der Waals surface area contributed by atoms with Crippen molar-refractivity contribution in [2.24, 2.45) is 0 Å². The number of rotatable bonds is 4. The van der Waals surface area contributed by atoms with Crippen LogP contribution < -0.4 is 4.90 Å². The van der Waals surface area contributed by atoms with Gasteiger partial charge >= 0.3 is 6.18 Å². The molecule has 2 heterocycles. The molecule has 1 aliphatic rings. The van der Waals surface area contributed by atoms with Crippen molar-refractivity contribution in [2.45, 2.75) is 32.6 Å². The van der Waals surface area contributed by atoms with Crippen molar-refractivity contribution in [1.29, 1.82) is 5.26 Å². The van der Waals surface area contributed by atoms with Gasteiger partial charge in [-0.15, -0.1) is 0 Å². The van der Waals surface area contributed by atoms with E-state index in [4.69, 9.17) is 5.26 Å². The molecular formula is C19H22F3N5. The summed E-state index contributed by atoms with van der Waals surface area (Å²) >= 11 is 0. The van der Waals surface area contributed by atoms with Gasteiger partial charge in [-0.25, -0.2) is 0 Å². The number of anilines is 1. The zero-order chi connectivity index (χ0) is 19.4. The molecule has 0 saturated carbocycles. The first-order valence-corrected chi connectivity index (χ1v) is 9.00. The highest BCUT2D eigenvalue weighted by Gasteiger charge is 2.34. The van der Waals surface area contributed by atoms with Crippen molar-refractivity contribution in [2.75, 3.05) is 31.1 Å². The molecule has 2 aromatic rings. The van der Waals surface area contributed by atoms with E-state index >= 15 is 0 Å². The Balaban J connectivity index is 1.70. The highest BCUT2D eigenvalue weighted by molar-refractivity contribution is 5.55. The van der Waals surface area contributed by atoms with Crippen LogP contribution in [-0.2, 0) is 19.3 Å². The van der Waals surface area contributed by atoms with Gasteiger partial charge in [0.1, 0.15) is 0 Å². The van der Waals surface area contributed by atoms with Crippen LogP contribution in [0.2, 0.25) is 0 Å². The molecule has 0 amide bonds. The standard InChI is InChI=1S/C19H22F3N5/c1-2-27-14-15(12-24-27)13-25-6-3-7-26(9-8-25)17-5-4-16(11-23)18(10-17)19(20,21)22/h4-5,10,12,14H,2-3,6-9,13H2,1H3. The number of halogens is 3. The quantitative estimate of drug-likeness (QED) is 0.818. The summed E-state index contributed by atoms with van der Waals surface area (Å²) in [5.74, 6) is 0. The number of aromatic nitrogens is 2. The van der Waals surface area contributed by atoms with E-state index in [2.05, 4.69) is 10.00 Å². The molecule has 0 atom stereocenters. The first-order valence-electron chi connectivity index (χ1n) is 9.00. The molecule has 0 unspecified atom stereocenters. The van der Waals surface area contributed by atoms with Crippen molar-refractivity contribution in [3.8, 4) is 6.07 Å². The van der Waals surface area contributed by atoms with Crippen LogP contribution in [0.3, 0.4) is 0 Å². The van der Waals surface area contributed by atoms with E-state index < -0.39 is 11.7 Å². The van der Waals surface area contributed by atoms with Gasteiger partial charge in [-0.2, -0.15) is 23.5 Å². The fourth-order valence-corrected chi connectivity index (χ4v) is 3.37. The van der Waals surface area contributed by atoms with E-state index in [0.29, 0.717) is 18.8 Å². The third kappa shape index (κ3) is 4.61. The molecule has 5 nitrogen and oxygen atoms in total. The average molecular weight is 377 g/mol. The summed E-state index contributed by atoms with van der Waals surface area (Å²) in [6.45, 7) is 6.63. The maximum Gasteiger partial charge on any atom is 0.417 e. The number of nitrogens with zero attached hydrogens (tertiary/aromatic N) is 5. The lowest BCUT2D eigenvalue weighted by atomic mass is 10.1. The largest absolute Gasteiger partial charge is 0.417 e. The Bertz CT molecular complexity index is 821. The predicted octanol–water partition coefficient (Wildman–Crippen LogP) is 3.51. The van der Waals surface area contributed by atoms with Crippen LogP contribution >= 0.6 is 0 Å². The maximum absolute atomic E-state index is 13.2. The second-order valence-corrected chi connectivity index (χ2v) is 6.66. The zero-order valence-corrected chi connectivity index (χ0v) is 15.2. The van der Waals surface area contributed by atoms with Gasteiger partial charge < -0.3 is 4.90 Å². The fraction of sp³-hybridized carbons (Fsp3) is 0.474. The number of benzene rings is 1. The van der Waals surface area contributed by atoms with Gasteiger partial charge in [0.15, 0.2) is 0 Å². The molecule has 0 radical (unpaired) electrons. The van der Waals surface area contributed by atoms with Crippen molar-refractivity contribution in [3.63, 3.8) is 0 Å². The summed E-state index contributed by atoms with van der Waals surface area (Å²) in [7, 11) is 0. The Kier molecular flexibility index (Phi) is 5.71. The van der Waals surface area contributed by atoms with Gasteiger partial charge in [0, 0.05) is 56.7 Å². The number of hydrogen-bond acceptors (Lipinski definition) is 4. The van der Waals surface area contributed by atoms with Crippen LogP contribution in [0.5, 0.6) is 0 Å². The van der Waals surface area contributed by atoms with Crippen LogP contribution in [0.1, 0.15) is 30.0 Å². The number of aryl methyl sites for hydroxylation is 1. The smallest absolute Gasteiger partial charge is 0.370 e. The molecule has 0 bridgehead atoms. The van der Waals surface area contributed by atoms with Crippen molar-refractivity contribution in [1.82, 2.24) is 14.7 Å². The van der Waals surface area contributed by atoms with Gasteiger partial charge in [0.05, 0.1) is 23.4 Å². The molecule has 1 saturated heterocycles. The first kappa shape index (κ1) is 19.2. The second-order valence-electron chi connectivity index (χ2n) is 6.66. The highest BCUT2D eigenvalue weighted by Crippen LogP contribution is 2.34. The lowest BCUT2D eigenvalue weighted by Gasteiger charge is -2.24. The summed E-state index contributed by atoms with van der Waals surface area (Å²) in [6, 6.07) is 5.60. The summed E-state index contributed by atoms with van der Waals surface area (Å²) in [4.78, 5) is 4.26. The molecule has 0 spiro atoms. The molecule has 1 aromatic heterocycles. The number of nitriles is 1. The van der Waals surface area contributed by atoms with E-state index in [1.165, 1.54) is 6.07 Å². The van der Waals surface area contributed by atoms with Gasteiger partial charge in [-0.3, -0.25) is 9.58 Å². The zero-order valence-electron chi connectivity index (χ0n) is 15.2. The first-order chi connectivity index (χ1) is 12.9. The predicted molar refractivity (Wildman–Crippen MR) is 96.2 cm³/mol. The third-order valence-electron chi connectivity index (χ3n) is 4.80. The molecule has 0 aliphatic carbocycles. The minimum Gasteiger partial charge on any atom is -0.370 e. The molecule has 27 heavy (non-hydrogen) atoms. The molecule has 144 valence electrons. The normalized spacial score (nSPS) is 16.2. The van der Waals surface area contributed by atoms with Crippen LogP contribution in [-0.4, -0.2) is 40.9 Å². The summed E-state index contributed by atoms with van der Waals surface area (Å²) < 4.78 is 41.5. The van der Waals surface area contributed by atoms with E-state index in [-0.39, 0.29) is 5.56 Å². The SMILES string of the molecule is CCn1cc(CN2CCCN(c3ccc(C#N)c(C(F)(F)F)c3)CC2)cn1. The molecule has 3 rings (SSSR count). The number of alkyl halides is 3. The minimum atomic E-state index is -4.53. The Morgan fingerprint density at radius 1 is 1.19 bits per heavy atom. The van der Waals surface area contributed by atoms with Crippen LogP contribution in [0.25, 0.3) is 0 Å². The monoisotopic (exact) mass is 377 g/mol. The molecule has 1 aliphatic heterocycles. The van der Waals surface area contributed by atoms with Crippen LogP contribution in [0.15, 0.2) is 30.6 Å². The Hall–Kier alpha value is -2.53. The molecule has 1 aromatic carbocycles. The topological polar surface area (TPSA) is 48.1 Å². The molecule has 0 N–H and O–H groups in total. The third-order valence-corrected chi connectivity index (χ3v) is 4.80. The Morgan fingerprint density at radius 2 is 2.00 bits per heavy atom. The number of hydrogen-bond donors (Lipinski definition) is 0. The van der Waals surface area contributed by atoms with Gasteiger partial charge in [0.2, 0.25) is 0 Å². The molecule has 8 heteroatoms. The highest BCUT2D eigenvalue weighted by atomic mass is 19.4. The van der Waals surface area contributed by atoms with Crippen LogP contribution in [0, 0.1) is 11.3 Å². The fourth-order valence-electron chi connectivity index (χ4n) is 3.37. The van der Waals surface area contributed by atoms with Crippen LogP contribution in [0.4, 0.5) is 18.9 Å². The lowest BCUT2D eigenvalue weighted by Crippen LogP contribution is -2.30. The summed E-state index contributed by atoms with van der Waals surface area (Å²) in [6.07, 6.45) is 0.225. The maximum atomic E-state index is 13.2. The minimum absolute atomic E-state index is 0.337. The average Bonchev–Trinajstić information content (AvgIpc) is 2.97. The van der Waals surface area contributed by atoms with E-state index in [0.717, 1.165) is 44.2 Å². The van der Waals surface area contributed by atoms with Crippen molar-refractivity contribution >= 4 is 5.69 Å². The van der Waals surface area contributed by atoms with E-state index in [1.807, 2.05) is 28.9 Å². The second kappa shape index (κ2) is 8.01. The van der Waals surface area contributed by atoms with E-state index in [9.17, 15) is 13.2 Å². The lowest BCUT2D eigenvalue weighted by molar-refractivity contribution is -0.137. The summed E-state index contributed by atoms with van der Waals surface area (Å²) in [5.41, 5.74) is 0.455. The Labute approximate surface area is 156 Å². The summed E-state index contributed by atoms with van der Waals surface area (Å²) in [5, 5.41) is 13.2. The van der Waals surface area contributed by atoms with Gasteiger partial charge in [0.25, 0.3) is 0 Å². The Morgan fingerprint density at radius 3 is 2.67 bits per heavy atom. The van der Waals surface area contributed by atoms with E-state index in [1.54, 1.807) is 12.1 Å². The van der Waals surface area contributed by atoms with Gasteiger partial charge in [-0.1, -0.05) is 0 Å². The van der Waals surface area contributed by atoms with Crippen molar-refractivity contribution < 1.29 is 13.2 Å². The van der Waals surface area contributed by atoms with Crippen molar-refractivity contribution in [3.05, 3.63) is 47.3 Å². The molecular weight excluding hydrogens is 355 g/mol. The van der Waals surface area contributed by atoms with Gasteiger partial charge in [-0.05, 0) is 31.5 Å². The molecule has 1 fully saturated rings.